The molecule has 0 heterocycles. The average Bonchev–Trinajstić information content (AvgIpc) is 2.39. The molecule has 0 rings (SSSR count). The third kappa shape index (κ3) is 18.9. The second-order valence-corrected chi connectivity index (χ2v) is 14.7. The van der Waals surface area contributed by atoms with E-state index in [0.717, 1.165) is 0 Å². The molecular weight excluding hydrogens is 490 g/mol. The van der Waals surface area contributed by atoms with Crippen LogP contribution >= 0.6 is 19.1 Å². The summed E-state index contributed by atoms with van der Waals surface area (Å²) in [5.41, 5.74) is 3.87. The van der Waals surface area contributed by atoms with E-state index in [1.165, 1.54) is 23.0 Å². The summed E-state index contributed by atoms with van der Waals surface area (Å²) < 4.78 is 0. The van der Waals surface area contributed by atoms with E-state index in [2.05, 4.69) is 123 Å². The molecule has 0 aromatic carbocycles. The maximum absolute atomic E-state index is 4.81. The molecule has 0 bridgehead atoms. The van der Waals surface area contributed by atoms with Gasteiger partial charge in [-0.1, -0.05) is 105 Å². The first kappa shape index (κ1) is 34.1. The molecule has 0 aliphatic carbocycles. The molecule has 0 radical (unpaired) electrons. The summed E-state index contributed by atoms with van der Waals surface area (Å²) in [7, 11) is 9.63. The van der Waals surface area contributed by atoms with E-state index in [9.17, 15) is 0 Å². The van der Waals surface area contributed by atoms with E-state index in [1.54, 1.807) is 0 Å². The molecule has 0 aliphatic rings. The second kappa shape index (κ2) is 13.8. The van der Waals surface area contributed by atoms with Gasteiger partial charge in [-0.05, 0) is 0 Å². The van der Waals surface area contributed by atoms with Crippen LogP contribution in [0.5, 0.6) is 0 Å². The molecule has 180 valence electrons. The molecule has 0 aromatic heterocycles. The van der Waals surface area contributed by atoms with Crippen LogP contribution in [-0.4, -0.2) is 0 Å². The van der Waals surface area contributed by atoms with Gasteiger partial charge in [0.2, 0.25) is 0 Å². The van der Waals surface area contributed by atoms with Crippen molar-refractivity contribution in [2.75, 3.05) is 0 Å². The number of rotatable bonds is 2. The second-order valence-electron chi connectivity index (χ2n) is 12.3. The number of hydrogen-bond acceptors (Lipinski definition) is 0. The predicted octanol–water partition coefficient (Wildman–Crippen LogP) is 10.6. The fraction of sp³-hybridized carbons (Fsp3) is 0.769. The Labute approximate surface area is 201 Å². The van der Waals surface area contributed by atoms with Gasteiger partial charge < -0.3 is 0 Å². The van der Waals surface area contributed by atoms with Gasteiger partial charge in [-0.25, -0.2) is 35.1 Å². The number of allylic oxidation sites excluding steroid dienone is 4. The third-order valence-corrected chi connectivity index (χ3v) is 4.10. The van der Waals surface area contributed by atoms with Crippen LogP contribution in [0.2, 0.25) is 0 Å². The average molecular weight is 540 g/mol. The Hall–Kier alpha value is 0.462. The van der Waals surface area contributed by atoms with Crippen LogP contribution in [-0.2, 0) is 15.9 Å². The molecule has 0 aliphatic heterocycles. The summed E-state index contributed by atoms with van der Waals surface area (Å²) in [6, 6.07) is 0. The Morgan fingerprint density at radius 2 is 0.655 bits per heavy atom. The van der Waals surface area contributed by atoms with Crippen molar-refractivity contribution in [3.8, 4) is 0 Å². The standard InChI is InChI=1S/2C13H25.2ClH.Pd/c2*1-10(2)9-11(12(3,4)5)13(6,7)8;;;/h2*9H,1-8H3;2*1H;/q2*-1;;;+2/p-2. The van der Waals surface area contributed by atoms with Crippen molar-refractivity contribution in [1.29, 1.82) is 0 Å². The number of hydrogen-bond donors (Lipinski definition) is 0. The molecule has 0 N–H and O–H groups in total. The minimum atomic E-state index is -0.106. The first-order valence-electron chi connectivity index (χ1n) is 10.4. The summed E-state index contributed by atoms with van der Waals surface area (Å²) in [4.78, 5) is 0. The molecule has 0 atom stereocenters. The van der Waals surface area contributed by atoms with E-state index in [1.807, 2.05) is 0 Å². The summed E-state index contributed by atoms with van der Waals surface area (Å²) in [5, 5.41) is 0. The molecule has 0 amide bonds. The van der Waals surface area contributed by atoms with Crippen LogP contribution in [0.4, 0.5) is 0 Å². The molecule has 29 heavy (non-hydrogen) atoms. The van der Waals surface area contributed by atoms with Crippen LogP contribution < -0.4 is 0 Å². The zero-order valence-corrected chi connectivity index (χ0v) is 25.3. The van der Waals surface area contributed by atoms with Gasteiger partial charge in [0.25, 0.3) is 0 Å². The fourth-order valence-corrected chi connectivity index (χ4v) is 3.69. The van der Waals surface area contributed by atoms with Gasteiger partial charge >= 0.3 is 35.0 Å². The van der Waals surface area contributed by atoms with Crippen molar-refractivity contribution >= 4 is 19.1 Å². The van der Waals surface area contributed by atoms with Gasteiger partial charge in [0.05, 0.1) is 0 Å². The zero-order chi connectivity index (χ0) is 24.4. The Morgan fingerprint density at radius 1 is 0.517 bits per heavy atom. The van der Waals surface area contributed by atoms with Crippen molar-refractivity contribution < 1.29 is 15.9 Å². The Morgan fingerprint density at radius 3 is 0.690 bits per heavy atom. The van der Waals surface area contributed by atoms with Gasteiger partial charge in [0, 0.05) is 0 Å². The van der Waals surface area contributed by atoms with Gasteiger partial charge in [-0.3, -0.25) is 0 Å². The number of halogens is 2. The van der Waals surface area contributed by atoms with Crippen LogP contribution in [0, 0.1) is 33.5 Å². The van der Waals surface area contributed by atoms with E-state index in [-0.39, 0.29) is 37.6 Å². The molecule has 0 saturated carbocycles. The summed E-state index contributed by atoms with van der Waals surface area (Å²) >= 11 is -0.106. The summed E-state index contributed by atoms with van der Waals surface area (Å²) in [5.74, 6) is 3.06. The first-order chi connectivity index (χ1) is 12.5. The topological polar surface area (TPSA) is 0 Å². The summed E-state index contributed by atoms with van der Waals surface area (Å²) in [6.45, 7) is 36.1. The van der Waals surface area contributed by atoms with E-state index < -0.39 is 0 Å². The maximum atomic E-state index is 4.81. The Kier molecular flexibility index (Phi) is 16.2. The normalized spacial score (nSPS) is 12.1. The van der Waals surface area contributed by atoms with E-state index in [4.69, 9.17) is 19.1 Å². The van der Waals surface area contributed by atoms with Gasteiger partial charge in [-0.15, -0.1) is 27.7 Å². The minimum absolute atomic E-state index is 0.106. The predicted molar refractivity (Wildman–Crippen MR) is 135 cm³/mol. The molecule has 0 nitrogen and oxygen atoms in total. The zero-order valence-electron chi connectivity index (χ0n) is 22.2. The van der Waals surface area contributed by atoms with Crippen LogP contribution in [0.1, 0.15) is 111 Å². The van der Waals surface area contributed by atoms with Crippen LogP contribution in [0.3, 0.4) is 0 Å². The first-order valence-corrected chi connectivity index (χ1v) is 14.4. The van der Waals surface area contributed by atoms with E-state index >= 15 is 0 Å². The molecular formula is C26H50Cl2Pd-2. The molecule has 0 spiro atoms. The van der Waals surface area contributed by atoms with Crippen molar-refractivity contribution in [2.45, 2.75) is 111 Å². The van der Waals surface area contributed by atoms with Crippen molar-refractivity contribution in [3.05, 3.63) is 35.1 Å². The van der Waals surface area contributed by atoms with Crippen molar-refractivity contribution in [3.63, 3.8) is 0 Å². The Bertz CT molecular complexity index is 407. The van der Waals surface area contributed by atoms with Gasteiger partial charge in [0.1, 0.15) is 0 Å². The van der Waals surface area contributed by atoms with Gasteiger partial charge in [0.15, 0.2) is 0 Å². The molecule has 0 unspecified atom stereocenters. The van der Waals surface area contributed by atoms with Crippen molar-refractivity contribution in [2.24, 2.45) is 21.7 Å². The van der Waals surface area contributed by atoms with Crippen molar-refractivity contribution in [1.82, 2.24) is 0 Å². The quantitative estimate of drug-likeness (QED) is 0.242. The summed E-state index contributed by atoms with van der Waals surface area (Å²) in [6.07, 6.45) is 4.67. The van der Waals surface area contributed by atoms with Gasteiger partial charge in [-0.2, -0.15) is 0 Å². The molecule has 3 heteroatoms. The van der Waals surface area contributed by atoms with Crippen LogP contribution in [0.15, 0.2) is 23.3 Å². The fourth-order valence-electron chi connectivity index (χ4n) is 3.69. The van der Waals surface area contributed by atoms with Crippen LogP contribution in [0.25, 0.3) is 0 Å². The monoisotopic (exact) mass is 538 g/mol. The Balaban J connectivity index is -0.000000410. The molecule has 0 aromatic rings. The molecule has 0 saturated heterocycles. The third-order valence-electron chi connectivity index (χ3n) is 4.10. The molecule has 0 fully saturated rings. The van der Waals surface area contributed by atoms with E-state index in [0.29, 0.717) is 0 Å². The SMILES string of the molecule is CC(C)=C[C-](C(C)(C)C)C(C)(C)C.CC(C)=C[C-](C(C)(C)C)C(C)(C)C.[Cl][Pd][Cl].